The lowest BCUT2D eigenvalue weighted by Gasteiger charge is -2.43. The zero-order chi connectivity index (χ0) is 17.2. The number of fused-ring (bicyclic) bond motifs is 1. The molecule has 1 saturated carbocycles. The van der Waals surface area contributed by atoms with Crippen molar-refractivity contribution in [3.05, 3.63) is 52.4 Å². The van der Waals surface area contributed by atoms with Crippen LogP contribution in [-0.4, -0.2) is 46.1 Å². The summed E-state index contributed by atoms with van der Waals surface area (Å²) in [4.78, 5) is 34.3. The third-order valence-corrected chi connectivity index (χ3v) is 5.07. The van der Waals surface area contributed by atoms with E-state index in [-0.39, 0.29) is 29.2 Å². The molecule has 0 bridgehead atoms. The molecule has 6 heteroatoms. The van der Waals surface area contributed by atoms with Gasteiger partial charge in [0.2, 0.25) is 0 Å². The lowest BCUT2D eigenvalue weighted by molar-refractivity contribution is -0.0753. The van der Waals surface area contributed by atoms with Gasteiger partial charge in [-0.25, -0.2) is 0 Å². The standard InChI is InChI=1S/C19H21N3O3/c23-18-13(8-9-15(21-18)14-5-3-4-10-20-14)19(24)22-11-12-25-17-7-2-1-6-16(17)22/h3-5,8-10,16-17H,1-2,6-7,11-12H2,(H,21,23)/t16-,17+/m0/s1. The second-order valence-corrected chi connectivity index (χ2v) is 6.59. The minimum Gasteiger partial charge on any atom is -0.374 e. The van der Waals surface area contributed by atoms with Gasteiger partial charge in [-0.1, -0.05) is 18.9 Å². The molecule has 1 aliphatic carbocycles. The van der Waals surface area contributed by atoms with Gasteiger partial charge >= 0.3 is 0 Å². The Labute approximate surface area is 145 Å². The van der Waals surface area contributed by atoms with Crippen molar-refractivity contribution in [3.8, 4) is 11.4 Å². The second kappa shape index (κ2) is 6.80. The van der Waals surface area contributed by atoms with Gasteiger partial charge in [-0.15, -0.1) is 0 Å². The van der Waals surface area contributed by atoms with Crippen molar-refractivity contribution in [2.75, 3.05) is 13.2 Å². The van der Waals surface area contributed by atoms with Crippen molar-refractivity contribution in [1.29, 1.82) is 0 Å². The van der Waals surface area contributed by atoms with Crippen LogP contribution in [0, 0.1) is 0 Å². The van der Waals surface area contributed by atoms with Crippen molar-refractivity contribution >= 4 is 5.91 Å². The molecule has 0 radical (unpaired) electrons. The highest BCUT2D eigenvalue weighted by molar-refractivity contribution is 5.94. The lowest BCUT2D eigenvalue weighted by atomic mass is 9.90. The molecule has 2 aliphatic rings. The van der Waals surface area contributed by atoms with Gasteiger partial charge in [-0.3, -0.25) is 14.6 Å². The van der Waals surface area contributed by atoms with E-state index in [1.807, 2.05) is 23.1 Å². The topological polar surface area (TPSA) is 75.3 Å². The average molecular weight is 339 g/mol. The first-order chi connectivity index (χ1) is 12.2. The smallest absolute Gasteiger partial charge is 0.261 e. The zero-order valence-electron chi connectivity index (χ0n) is 14.0. The summed E-state index contributed by atoms with van der Waals surface area (Å²) in [6.45, 7) is 1.08. The fourth-order valence-electron chi connectivity index (χ4n) is 3.82. The van der Waals surface area contributed by atoms with E-state index >= 15 is 0 Å². The molecule has 130 valence electrons. The van der Waals surface area contributed by atoms with Crippen LogP contribution in [-0.2, 0) is 4.74 Å². The first-order valence-corrected chi connectivity index (χ1v) is 8.81. The molecule has 2 aromatic heterocycles. The number of hydrogen-bond acceptors (Lipinski definition) is 4. The molecule has 0 aromatic carbocycles. The average Bonchev–Trinajstić information content (AvgIpc) is 2.67. The van der Waals surface area contributed by atoms with Gasteiger partial charge in [-0.2, -0.15) is 0 Å². The van der Waals surface area contributed by atoms with E-state index in [0.29, 0.717) is 24.5 Å². The Balaban J connectivity index is 1.61. The van der Waals surface area contributed by atoms with Crippen molar-refractivity contribution in [2.24, 2.45) is 0 Å². The summed E-state index contributed by atoms with van der Waals surface area (Å²) in [6.07, 6.45) is 5.96. The maximum atomic E-state index is 13.0. The van der Waals surface area contributed by atoms with Crippen molar-refractivity contribution in [3.63, 3.8) is 0 Å². The molecular weight excluding hydrogens is 318 g/mol. The maximum Gasteiger partial charge on any atom is 0.261 e. The molecule has 2 aromatic rings. The Kier molecular flexibility index (Phi) is 4.36. The minimum absolute atomic E-state index is 0.0878. The van der Waals surface area contributed by atoms with E-state index in [1.165, 1.54) is 0 Å². The lowest BCUT2D eigenvalue weighted by Crippen LogP contribution is -2.55. The number of rotatable bonds is 2. The molecule has 1 saturated heterocycles. The molecule has 2 atom stereocenters. The second-order valence-electron chi connectivity index (χ2n) is 6.59. The summed E-state index contributed by atoms with van der Waals surface area (Å²) in [5.74, 6) is -0.200. The van der Waals surface area contributed by atoms with Crippen molar-refractivity contribution < 1.29 is 9.53 Å². The van der Waals surface area contributed by atoms with E-state index in [0.717, 1.165) is 25.7 Å². The summed E-state index contributed by atoms with van der Waals surface area (Å²) in [5, 5.41) is 0. The molecule has 25 heavy (non-hydrogen) atoms. The van der Waals surface area contributed by atoms with Crippen LogP contribution in [0.3, 0.4) is 0 Å². The summed E-state index contributed by atoms with van der Waals surface area (Å²) >= 11 is 0. The number of nitrogens with zero attached hydrogens (tertiary/aromatic N) is 2. The first kappa shape index (κ1) is 16.0. The first-order valence-electron chi connectivity index (χ1n) is 8.81. The maximum absolute atomic E-state index is 13.0. The molecule has 2 fully saturated rings. The van der Waals surface area contributed by atoms with E-state index in [9.17, 15) is 9.59 Å². The number of nitrogens with one attached hydrogen (secondary N) is 1. The molecule has 1 aliphatic heterocycles. The van der Waals surface area contributed by atoms with Gasteiger partial charge in [-0.05, 0) is 37.1 Å². The molecule has 4 rings (SSSR count). The van der Waals surface area contributed by atoms with Crippen LogP contribution >= 0.6 is 0 Å². The fourth-order valence-corrected chi connectivity index (χ4v) is 3.82. The van der Waals surface area contributed by atoms with Gasteiger partial charge in [0, 0.05) is 12.7 Å². The van der Waals surface area contributed by atoms with Crippen LogP contribution in [0.1, 0.15) is 36.0 Å². The third-order valence-electron chi connectivity index (χ3n) is 5.07. The minimum atomic E-state index is -0.369. The number of aromatic amines is 1. The van der Waals surface area contributed by atoms with Gasteiger partial charge < -0.3 is 14.6 Å². The Morgan fingerprint density at radius 1 is 1.20 bits per heavy atom. The molecule has 3 heterocycles. The van der Waals surface area contributed by atoms with Crippen LogP contribution in [0.2, 0.25) is 0 Å². The molecule has 0 unspecified atom stereocenters. The number of H-pyrrole nitrogens is 1. The van der Waals surface area contributed by atoms with Gasteiger partial charge in [0.05, 0.1) is 30.1 Å². The van der Waals surface area contributed by atoms with Gasteiger partial charge in [0.1, 0.15) is 5.56 Å². The predicted molar refractivity (Wildman–Crippen MR) is 93.3 cm³/mol. The van der Waals surface area contributed by atoms with Crippen LogP contribution in [0.4, 0.5) is 0 Å². The Bertz CT molecular complexity index is 816. The highest BCUT2D eigenvalue weighted by atomic mass is 16.5. The van der Waals surface area contributed by atoms with E-state index in [4.69, 9.17) is 4.74 Å². The molecule has 0 spiro atoms. The van der Waals surface area contributed by atoms with Gasteiger partial charge in [0.25, 0.3) is 11.5 Å². The molecule has 6 nitrogen and oxygen atoms in total. The number of hydrogen-bond donors (Lipinski definition) is 1. The van der Waals surface area contributed by atoms with Gasteiger partial charge in [0.15, 0.2) is 0 Å². The van der Waals surface area contributed by atoms with Crippen LogP contribution in [0.25, 0.3) is 11.4 Å². The van der Waals surface area contributed by atoms with Crippen LogP contribution in [0.15, 0.2) is 41.3 Å². The van der Waals surface area contributed by atoms with E-state index in [2.05, 4.69) is 9.97 Å². The SMILES string of the molecule is O=C(c1ccc(-c2ccccn2)[nH]c1=O)N1CCO[C@@H]2CCCC[C@@H]21. The number of morpholine rings is 1. The van der Waals surface area contributed by atoms with E-state index in [1.54, 1.807) is 18.3 Å². The Hall–Kier alpha value is -2.47. The normalized spacial score (nSPS) is 23.1. The summed E-state index contributed by atoms with van der Waals surface area (Å²) in [5.41, 5.74) is 1.11. The highest BCUT2D eigenvalue weighted by Crippen LogP contribution is 2.29. The number of ether oxygens (including phenoxy) is 1. The quantitative estimate of drug-likeness (QED) is 0.910. The number of amides is 1. The van der Waals surface area contributed by atoms with Crippen molar-refractivity contribution in [2.45, 2.75) is 37.8 Å². The largest absolute Gasteiger partial charge is 0.374 e. The molecule has 1 N–H and O–H groups in total. The van der Waals surface area contributed by atoms with E-state index < -0.39 is 0 Å². The summed E-state index contributed by atoms with van der Waals surface area (Å²) < 4.78 is 5.82. The third kappa shape index (κ3) is 3.09. The predicted octanol–water partition coefficient (Wildman–Crippen LogP) is 2.22. The monoisotopic (exact) mass is 339 g/mol. The zero-order valence-corrected chi connectivity index (χ0v) is 14.0. The number of carbonyl (C=O) groups is 1. The van der Waals surface area contributed by atoms with Crippen molar-refractivity contribution in [1.82, 2.24) is 14.9 Å². The Morgan fingerprint density at radius 2 is 2.08 bits per heavy atom. The molecule has 1 amide bonds. The number of pyridine rings is 2. The van der Waals surface area contributed by atoms with Crippen LogP contribution in [0.5, 0.6) is 0 Å². The van der Waals surface area contributed by atoms with Crippen LogP contribution < -0.4 is 5.56 Å². The number of carbonyl (C=O) groups excluding carboxylic acids is 1. The summed E-state index contributed by atoms with van der Waals surface area (Å²) in [6, 6.07) is 8.94. The fraction of sp³-hybridized carbons (Fsp3) is 0.421. The number of aromatic nitrogens is 2. The summed E-state index contributed by atoms with van der Waals surface area (Å²) in [7, 11) is 0. The molecular formula is C19H21N3O3. The highest BCUT2D eigenvalue weighted by Gasteiger charge is 2.37. The Morgan fingerprint density at radius 3 is 2.88 bits per heavy atom.